The molecule has 0 aromatic heterocycles. The van der Waals surface area contributed by atoms with Gasteiger partial charge < -0.3 is 10.1 Å². The van der Waals surface area contributed by atoms with Crippen LogP contribution in [-0.2, 0) is 16.1 Å². The van der Waals surface area contributed by atoms with Crippen molar-refractivity contribution >= 4 is 23.7 Å². The third kappa shape index (κ3) is 4.51. The third-order valence-electron chi connectivity index (χ3n) is 4.74. The molecule has 2 aromatic carbocycles. The zero-order valence-electron chi connectivity index (χ0n) is 16.3. The summed E-state index contributed by atoms with van der Waals surface area (Å²) in [4.78, 5) is 50.4. The molecule has 0 radical (unpaired) electrons. The van der Waals surface area contributed by atoms with Crippen LogP contribution in [0.3, 0.4) is 0 Å². The fourth-order valence-corrected chi connectivity index (χ4v) is 2.96. The lowest BCUT2D eigenvalue weighted by atomic mass is 10.1. The number of fused-ring (bicyclic) bond motifs is 1. The van der Waals surface area contributed by atoms with Gasteiger partial charge in [0, 0.05) is 6.04 Å². The predicted molar refractivity (Wildman–Crippen MR) is 105 cm³/mol. The number of amides is 3. The summed E-state index contributed by atoms with van der Waals surface area (Å²) in [6, 6.07) is 13.4. The van der Waals surface area contributed by atoms with Crippen LogP contribution in [0.1, 0.15) is 56.9 Å². The number of imide groups is 1. The van der Waals surface area contributed by atoms with Crippen molar-refractivity contribution in [3.63, 3.8) is 0 Å². The van der Waals surface area contributed by atoms with Crippen LogP contribution in [0.15, 0.2) is 48.5 Å². The van der Waals surface area contributed by atoms with Crippen LogP contribution in [0.25, 0.3) is 0 Å². The van der Waals surface area contributed by atoms with E-state index in [1.54, 1.807) is 0 Å². The lowest BCUT2D eigenvalue weighted by Gasteiger charge is -2.13. The number of nitrogens with one attached hydrogen (secondary N) is 1. The first-order chi connectivity index (χ1) is 13.9. The Kier molecular flexibility index (Phi) is 6.07. The van der Waals surface area contributed by atoms with Crippen molar-refractivity contribution in [1.82, 2.24) is 10.2 Å². The molecule has 1 N–H and O–H groups in total. The summed E-state index contributed by atoms with van der Waals surface area (Å²) in [5, 5.41) is 2.70. The van der Waals surface area contributed by atoms with E-state index in [4.69, 9.17) is 4.74 Å². The molecule has 29 heavy (non-hydrogen) atoms. The van der Waals surface area contributed by atoms with E-state index < -0.39 is 30.3 Å². The van der Waals surface area contributed by atoms with Gasteiger partial charge in [-0.05, 0) is 37.1 Å². The summed E-state index contributed by atoms with van der Waals surface area (Å²) in [5.41, 5.74) is 1.35. The van der Waals surface area contributed by atoms with Crippen molar-refractivity contribution in [2.75, 3.05) is 6.61 Å². The van der Waals surface area contributed by atoms with Crippen LogP contribution in [0.5, 0.6) is 0 Å². The van der Waals surface area contributed by atoms with Gasteiger partial charge in [0.05, 0.1) is 23.2 Å². The zero-order valence-corrected chi connectivity index (χ0v) is 16.3. The number of ether oxygens (including phenoxy) is 1. The standard InChI is InChI=1S/C22H22N2O5/c1-3-14(2)23-19(25)13-29-22(28)16-9-10-17-18(11-16)21(27)24(20(17)26)12-15-7-5-4-6-8-15/h4-11,14H,3,12-13H2,1-2H3,(H,23,25)/t14-/m0/s1. The quantitative estimate of drug-likeness (QED) is 0.575. The van der Waals surface area contributed by atoms with Gasteiger partial charge in [0.1, 0.15) is 0 Å². The minimum atomic E-state index is -0.728. The molecule has 3 amide bonds. The second-order valence-electron chi connectivity index (χ2n) is 6.90. The van der Waals surface area contributed by atoms with Gasteiger partial charge in [-0.15, -0.1) is 0 Å². The number of esters is 1. The van der Waals surface area contributed by atoms with Gasteiger partial charge in [0.2, 0.25) is 0 Å². The van der Waals surface area contributed by atoms with E-state index in [1.165, 1.54) is 18.2 Å². The molecule has 0 saturated carbocycles. The van der Waals surface area contributed by atoms with Gasteiger partial charge in [-0.3, -0.25) is 19.3 Å². The zero-order chi connectivity index (χ0) is 21.0. The Morgan fingerprint density at radius 3 is 2.41 bits per heavy atom. The Morgan fingerprint density at radius 1 is 1.03 bits per heavy atom. The van der Waals surface area contributed by atoms with Gasteiger partial charge in [-0.2, -0.15) is 0 Å². The molecular weight excluding hydrogens is 372 g/mol. The van der Waals surface area contributed by atoms with Crippen molar-refractivity contribution in [1.29, 1.82) is 0 Å². The topological polar surface area (TPSA) is 92.8 Å². The van der Waals surface area contributed by atoms with Gasteiger partial charge in [0.15, 0.2) is 6.61 Å². The summed E-state index contributed by atoms with van der Waals surface area (Å²) >= 11 is 0. The lowest BCUT2D eigenvalue weighted by molar-refractivity contribution is -0.124. The van der Waals surface area contributed by atoms with Gasteiger partial charge in [0.25, 0.3) is 17.7 Å². The van der Waals surface area contributed by atoms with E-state index in [0.29, 0.717) is 0 Å². The maximum absolute atomic E-state index is 12.7. The van der Waals surface area contributed by atoms with E-state index in [0.717, 1.165) is 16.9 Å². The van der Waals surface area contributed by atoms with Crippen LogP contribution in [-0.4, -0.2) is 41.2 Å². The smallest absolute Gasteiger partial charge is 0.338 e. The first kappa shape index (κ1) is 20.3. The largest absolute Gasteiger partial charge is 0.452 e. The predicted octanol–water partition coefficient (Wildman–Crippen LogP) is 2.55. The minimum Gasteiger partial charge on any atom is -0.452 e. The highest BCUT2D eigenvalue weighted by Gasteiger charge is 2.36. The molecule has 0 fully saturated rings. The SMILES string of the molecule is CC[C@H](C)NC(=O)COC(=O)c1ccc2c(c1)C(=O)N(Cc1ccccc1)C2=O. The lowest BCUT2D eigenvalue weighted by Crippen LogP contribution is -2.35. The Labute approximate surface area is 168 Å². The van der Waals surface area contributed by atoms with E-state index in [-0.39, 0.29) is 29.3 Å². The first-order valence-corrected chi connectivity index (χ1v) is 9.41. The summed E-state index contributed by atoms with van der Waals surface area (Å²) in [5.74, 6) is -1.98. The van der Waals surface area contributed by atoms with Crippen LogP contribution in [0.4, 0.5) is 0 Å². The second kappa shape index (κ2) is 8.68. The molecule has 0 bridgehead atoms. The number of carbonyl (C=O) groups is 4. The Hall–Kier alpha value is -3.48. The van der Waals surface area contributed by atoms with E-state index in [2.05, 4.69) is 5.32 Å². The van der Waals surface area contributed by atoms with Crippen molar-refractivity contribution < 1.29 is 23.9 Å². The number of rotatable bonds is 7. The molecule has 1 heterocycles. The monoisotopic (exact) mass is 394 g/mol. The third-order valence-corrected chi connectivity index (χ3v) is 4.74. The number of hydrogen-bond acceptors (Lipinski definition) is 5. The maximum Gasteiger partial charge on any atom is 0.338 e. The van der Waals surface area contributed by atoms with Crippen LogP contribution >= 0.6 is 0 Å². The summed E-state index contributed by atoms with van der Waals surface area (Å²) < 4.78 is 5.02. The highest BCUT2D eigenvalue weighted by molar-refractivity contribution is 6.21. The van der Waals surface area contributed by atoms with Crippen LogP contribution < -0.4 is 5.32 Å². The molecule has 3 rings (SSSR count). The average Bonchev–Trinajstić information content (AvgIpc) is 2.97. The number of carbonyl (C=O) groups excluding carboxylic acids is 4. The summed E-state index contributed by atoms with van der Waals surface area (Å²) in [6.45, 7) is 3.53. The molecule has 1 aliphatic heterocycles. The maximum atomic E-state index is 12.7. The molecule has 0 unspecified atom stereocenters. The molecule has 150 valence electrons. The Morgan fingerprint density at radius 2 is 1.72 bits per heavy atom. The van der Waals surface area contributed by atoms with Crippen LogP contribution in [0.2, 0.25) is 0 Å². The molecule has 1 atom stereocenters. The summed E-state index contributed by atoms with van der Waals surface area (Å²) in [7, 11) is 0. The molecule has 0 aliphatic carbocycles. The van der Waals surface area contributed by atoms with Crippen molar-refractivity contribution in [2.24, 2.45) is 0 Å². The van der Waals surface area contributed by atoms with E-state index in [1.807, 2.05) is 44.2 Å². The Bertz CT molecular complexity index is 955. The fourth-order valence-electron chi connectivity index (χ4n) is 2.96. The minimum absolute atomic E-state index is 0.0135. The van der Waals surface area contributed by atoms with Gasteiger partial charge in [-0.1, -0.05) is 37.3 Å². The molecule has 0 saturated heterocycles. The number of benzene rings is 2. The highest BCUT2D eigenvalue weighted by atomic mass is 16.5. The molecular formula is C22H22N2O5. The summed E-state index contributed by atoms with van der Waals surface area (Å²) in [6.07, 6.45) is 0.764. The van der Waals surface area contributed by atoms with Crippen molar-refractivity contribution in [3.05, 3.63) is 70.8 Å². The Balaban J connectivity index is 1.69. The highest BCUT2D eigenvalue weighted by Crippen LogP contribution is 2.26. The van der Waals surface area contributed by atoms with E-state index >= 15 is 0 Å². The van der Waals surface area contributed by atoms with Crippen molar-refractivity contribution in [2.45, 2.75) is 32.9 Å². The molecule has 2 aromatic rings. The van der Waals surface area contributed by atoms with Crippen molar-refractivity contribution in [3.8, 4) is 0 Å². The van der Waals surface area contributed by atoms with Crippen LogP contribution in [0, 0.1) is 0 Å². The molecule has 1 aliphatic rings. The normalized spacial score (nSPS) is 13.8. The molecule has 7 heteroatoms. The van der Waals surface area contributed by atoms with Gasteiger partial charge >= 0.3 is 5.97 Å². The average molecular weight is 394 g/mol. The molecule has 0 spiro atoms. The van der Waals surface area contributed by atoms with Gasteiger partial charge in [-0.25, -0.2) is 4.79 Å². The molecule has 7 nitrogen and oxygen atoms in total. The number of nitrogens with zero attached hydrogens (tertiary/aromatic N) is 1. The number of hydrogen-bond donors (Lipinski definition) is 1. The second-order valence-corrected chi connectivity index (χ2v) is 6.90. The fraction of sp³-hybridized carbons (Fsp3) is 0.273. The first-order valence-electron chi connectivity index (χ1n) is 9.41. The van der Waals surface area contributed by atoms with E-state index in [9.17, 15) is 19.2 Å².